The largest absolute Gasteiger partial charge is 0.349 e. The van der Waals surface area contributed by atoms with E-state index in [9.17, 15) is 4.79 Å². The molecule has 0 aromatic carbocycles. The number of imidazole rings is 1. The predicted molar refractivity (Wildman–Crippen MR) is 69.9 cm³/mol. The van der Waals surface area contributed by atoms with Gasteiger partial charge in [0.2, 0.25) is 0 Å². The van der Waals surface area contributed by atoms with Crippen molar-refractivity contribution in [2.45, 2.75) is 32.2 Å². The van der Waals surface area contributed by atoms with Crippen molar-refractivity contribution in [3.63, 3.8) is 0 Å². The van der Waals surface area contributed by atoms with Gasteiger partial charge in [0.1, 0.15) is 11.5 Å². The second-order valence-corrected chi connectivity index (χ2v) is 4.91. The molecule has 2 N–H and O–H groups in total. The van der Waals surface area contributed by atoms with Crippen LogP contribution in [0.2, 0.25) is 0 Å². The van der Waals surface area contributed by atoms with Crippen molar-refractivity contribution >= 4 is 5.91 Å². The molecule has 6 nitrogen and oxygen atoms in total. The van der Waals surface area contributed by atoms with Gasteiger partial charge in [0.25, 0.3) is 5.91 Å². The Morgan fingerprint density at radius 2 is 2.42 bits per heavy atom. The number of rotatable bonds is 5. The van der Waals surface area contributed by atoms with Gasteiger partial charge in [-0.25, -0.2) is 4.98 Å². The van der Waals surface area contributed by atoms with E-state index in [-0.39, 0.29) is 5.91 Å². The van der Waals surface area contributed by atoms with Gasteiger partial charge in [-0.1, -0.05) is 0 Å². The van der Waals surface area contributed by atoms with E-state index < -0.39 is 0 Å². The van der Waals surface area contributed by atoms with Gasteiger partial charge in [-0.3, -0.25) is 9.89 Å². The van der Waals surface area contributed by atoms with E-state index in [1.165, 1.54) is 12.8 Å². The Labute approximate surface area is 111 Å². The van der Waals surface area contributed by atoms with Gasteiger partial charge in [-0.15, -0.1) is 0 Å². The minimum atomic E-state index is -0.124. The number of hydrogen-bond donors (Lipinski definition) is 2. The van der Waals surface area contributed by atoms with E-state index in [4.69, 9.17) is 0 Å². The van der Waals surface area contributed by atoms with Crippen LogP contribution >= 0.6 is 0 Å². The highest BCUT2D eigenvalue weighted by Gasteiger charge is 2.26. The third-order valence-corrected chi connectivity index (χ3v) is 3.41. The van der Waals surface area contributed by atoms with Gasteiger partial charge in [0.05, 0.1) is 0 Å². The Morgan fingerprint density at radius 3 is 3.11 bits per heavy atom. The summed E-state index contributed by atoms with van der Waals surface area (Å²) < 4.78 is 2.00. The fraction of sp³-hybridized carbons (Fsp3) is 0.462. The monoisotopic (exact) mass is 259 g/mol. The Balaban J connectivity index is 1.51. The molecule has 1 aliphatic rings. The molecule has 0 radical (unpaired) electrons. The highest BCUT2D eigenvalue weighted by molar-refractivity contribution is 5.92. The van der Waals surface area contributed by atoms with Crippen LogP contribution in [0.25, 0.3) is 0 Å². The number of H-pyrrole nitrogens is 1. The number of aromatic amines is 1. The summed E-state index contributed by atoms with van der Waals surface area (Å²) >= 11 is 0. The number of aryl methyl sites for hydroxylation is 1. The highest BCUT2D eigenvalue weighted by Crippen LogP contribution is 2.38. The number of nitrogens with one attached hydrogen (secondary N) is 2. The van der Waals surface area contributed by atoms with Crippen LogP contribution in [0.3, 0.4) is 0 Å². The Bertz CT molecular complexity index is 581. The number of carbonyl (C=O) groups is 1. The Hall–Kier alpha value is -2.11. The summed E-state index contributed by atoms with van der Waals surface area (Å²) in [4.78, 5) is 16.0. The highest BCUT2D eigenvalue weighted by atomic mass is 16.1. The summed E-state index contributed by atoms with van der Waals surface area (Å²) in [7, 11) is 0. The van der Waals surface area contributed by atoms with Crippen molar-refractivity contribution in [2.24, 2.45) is 0 Å². The minimum Gasteiger partial charge on any atom is -0.349 e. The molecule has 6 heteroatoms. The summed E-state index contributed by atoms with van der Waals surface area (Å²) in [5.41, 5.74) is 1.56. The van der Waals surface area contributed by atoms with E-state index in [2.05, 4.69) is 20.5 Å². The van der Waals surface area contributed by atoms with Crippen LogP contribution in [-0.2, 0) is 6.54 Å². The normalized spacial score (nSPS) is 14.6. The zero-order valence-corrected chi connectivity index (χ0v) is 10.9. The van der Waals surface area contributed by atoms with Crippen LogP contribution in [0.5, 0.6) is 0 Å². The SMILES string of the molecule is Cc1nccn1CCNC(=O)c1cc(C2CC2)[nH]n1. The summed E-state index contributed by atoms with van der Waals surface area (Å²) in [5.74, 6) is 1.41. The summed E-state index contributed by atoms with van der Waals surface area (Å²) in [6.07, 6.45) is 6.06. The number of amides is 1. The fourth-order valence-corrected chi connectivity index (χ4v) is 2.08. The molecular weight excluding hydrogens is 242 g/mol. The molecule has 19 heavy (non-hydrogen) atoms. The topological polar surface area (TPSA) is 75.6 Å². The van der Waals surface area contributed by atoms with Gasteiger partial charge < -0.3 is 9.88 Å². The smallest absolute Gasteiger partial charge is 0.271 e. The first-order valence-electron chi connectivity index (χ1n) is 6.55. The molecule has 2 heterocycles. The quantitative estimate of drug-likeness (QED) is 0.847. The number of aromatic nitrogens is 4. The van der Waals surface area contributed by atoms with E-state index in [0.29, 0.717) is 18.2 Å². The van der Waals surface area contributed by atoms with Crippen molar-refractivity contribution in [1.29, 1.82) is 0 Å². The third kappa shape index (κ3) is 2.67. The average Bonchev–Trinajstić information content (AvgIpc) is 2.99. The average molecular weight is 259 g/mol. The zero-order valence-electron chi connectivity index (χ0n) is 10.9. The fourth-order valence-electron chi connectivity index (χ4n) is 2.08. The maximum absolute atomic E-state index is 11.9. The van der Waals surface area contributed by atoms with E-state index in [0.717, 1.165) is 18.1 Å². The third-order valence-electron chi connectivity index (χ3n) is 3.41. The van der Waals surface area contributed by atoms with Crippen LogP contribution in [0.1, 0.15) is 40.8 Å². The van der Waals surface area contributed by atoms with Crippen molar-refractivity contribution in [3.05, 3.63) is 35.7 Å². The van der Waals surface area contributed by atoms with Crippen molar-refractivity contribution in [2.75, 3.05) is 6.54 Å². The van der Waals surface area contributed by atoms with Crippen LogP contribution in [0, 0.1) is 6.92 Å². The van der Waals surface area contributed by atoms with E-state index >= 15 is 0 Å². The van der Waals surface area contributed by atoms with Gasteiger partial charge in [-0.2, -0.15) is 5.10 Å². The Morgan fingerprint density at radius 1 is 1.58 bits per heavy atom. The van der Waals surface area contributed by atoms with Crippen molar-refractivity contribution in [1.82, 2.24) is 25.1 Å². The molecule has 0 bridgehead atoms. The number of nitrogens with zero attached hydrogens (tertiary/aromatic N) is 3. The molecular formula is C13H17N5O. The lowest BCUT2D eigenvalue weighted by molar-refractivity contribution is 0.0947. The number of hydrogen-bond acceptors (Lipinski definition) is 3. The summed E-state index contributed by atoms with van der Waals surface area (Å²) in [6, 6.07) is 1.86. The molecule has 100 valence electrons. The zero-order chi connectivity index (χ0) is 13.2. The molecule has 0 aliphatic heterocycles. The van der Waals surface area contributed by atoms with Gasteiger partial charge in [0.15, 0.2) is 0 Å². The molecule has 0 atom stereocenters. The second kappa shape index (κ2) is 4.87. The Kier molecular flexibility index (Phi) is 3.06. The molecule has 3 rings (SSSR count). The first-order valence-corrected chi connectivity index (χ1v) is 6.55. The molecule has 2 aromatic rings. The molecule has 1 fully saturated rings. The molecule has 1 amide bonds. The lowest BCUT2D eigenvalue weighted by Gasteiger charge is -2.05. The van der Waals surface area contributed by atoms with Crippen LogP contribution in [-0.4, -0.2) is 32.2 Å². The van der Waals surface area contributed by atoms with Gasteiger partial charge in [0, 0.05) is 37.1 Å². The first kappa shape index (κ1) is 12.0. The molecule has 1 saturated carbocycles. The standard InChI is InChI=1S/C13H17N5O/c1-9-14-4-6-18(9)7-5-15-13(19)12-8-11(16-17-12)10-2-3-10/h4,6,8,10H,2-3,5,7H2,1H3,(H,15,19)(H,16,17). The number of carbonyl (C=O) groups excluding carboxylic acids is 1. The van der Waals surface area contributed by atoms with Crippen LogP contribution in [0.15, 0.2) is 18.5 Å². The lowest BCUT2D eigenvalue weighted by Crippen LogP contribution is -2.27. The summed E-state index contributed by atoms with van der Waals surface area (Å²) in [5, 5.41) is 9.86. The van der Waals surface area contributed by atoms with Gasteiger partial charge in [-0.05, 0) is 25.8 Å². The lowest BCUT2D eigenvalue weighted by atomic mass is 10.2. The van der Waals surface area contributed by atoms with E-state index in [1.807, 2.05) is 23.8 Å². The predicted octanol–water partition coefficient (Wildman–Crippen LogP) is 1.22. The maximum Gasteiger partial charge on any atom is 0.271 e. The molecule has 0 unspecified atom stereocenters. The maximum atomic E-state index is 11.9. The summed E-state index contributed by atoms with van der Waals surface area (Å²) in [6.45, 7) is 3.23. The van der Waals surface area contributed by atoms with Crippen LogP contribution < -0.4 is 5.32 Å². The van der Waals surface area contributed by atoms with Crippen LogP contribution in [0.4, 0.5) is 0 Å². The first-order chi connectivity index (χ1) is 9.24. The molecule has 0 spiro atoms. The molecule has 0 saturated heterocycles. The van der Waals surface area contributed by atoms with Gasteiger partial charge >= 0.3 is 0 Å². The second-order valence-electron chi connectivity index (χ2n) is 4.91. The molecule has 2 aromatic heterocycles. The minimum absolute atomic E-state index is 0.124. The van der Waals surface area contributed by atoms with Crippen molar-refractivity contribution < 1.29 is 4.79 Å². The molecule has 1 aliphatic carbocycles. The van der Waals surface area contributed by atoms with E-state index in [1.54, 1.807) is 6.20 Å². The van der Waals surface area contributed by atoms with Crippen molar-refractivity contribution in [3.8, 4) is 0 Å².